The van der Waals surface area contributed by atoms with E-state index in [9.17, 15) is 0 Å². The summed E-state index contributed by atoms with van der Waals surface area (Å²) in [5.41, 5.74) is 4.50. The first-order chi connectivity index (χ1) is 9.52. The highest BCUT2D eigenvalue weighted by atomic mass is 32.2. The summed E-state index contributed by atoms with van der Waals surface area (Å²) in [4.78, 5) is 4.91. The molecule has 0 saturated carbocycles. The fraction of sp³-hybridized carbons (Fsp3) is 0.588. The number of rotatable bonds is 1. The van der Waals surface area contributed by atoms with Crippen LogP contribution in [0.1, 0.15) is 44.7 Å². The molecule has 3 heteroatoms. The van der Waals surface area contributed by atoms with Gasteiger partial charge >= 0.3 is 0 Å². The summed E-state index contributed by atoms with van der Waals surface area (Å²) in [6.45, 7) is 6.85. The molecule has 1 aliphatic heterocycles. The van der Waals surface area contributed by atoms with Gasteiger partial charge in [-0.3, -0.25) is 4.99 Å². The minimum absolute atomic E-state index is 0.256. The molecule has 1 atom stereocenters. The van der Waals surface area contributed by atoms with Crippen LogP contribution in [-0.2, 0) is 12.8 Å². The van der Waals surface area contributed by atoms with Crippen LogP contribution in [0.2, 0.25) is 0 Å². The molecule has 1 heterocycles. The molecule has 1 aromatic rings. The van der Waals surface area contributed by atoms with Gasteiger partial charge in [-0.25, -0.2) is 0 Å². The average Bonchev–Trinajstić information content (AvgIpc) is 2.85. The van der Waals surface area contributed by atoms with E-state index in [-0.39, 0.29) is 5.41 Å². The Kier molecular flexibility index (Phi) is 3.80. The Bertz CT molecular complexity index is 528. The highest BCUT2D eigenvalue weighted by molar-refractivity contribution is 8.14. The SMILES string of the molecule is CC(C)(C)C1CCSC(Nc2ccc3c(c2)CCC3)=N1. The first-order valence-corrected chi connectivity index (χ1v) is 8.60. The van der Waals surface area contributed by atoms with E-state index in [1.807, 2.05) is 11.8 Å². The van der Waals surface area contributed by atoms with Gasteiger partial charge in [-0.2, -0.15) is 0 Å². The van der Waals surface area contributed by atoms with Crippen LogP contribution in [0.3, 0.4) is 0 Å². The molecule has 0 bridgehead atoms. The van der Waals surface area contributed by atoms with Crippen molar-refractivity contribution in [3.05, 3.63) is 29.3 Å². The summed E-state index contributed by atoms with van der Waals surface area (Å²) in [5, 5.41) is 4.62. The van der Waals surface area contributed by atoms with Crippen molar-refractivity contribution in [2.45, 2.75) is 52.5 Å². The lowest BCUT2D eigenvalue weighted by atomic mass is 9.85. The van der Waals surface area contributed by atoms with Crippen molar-refractivity contribution in [3.63, 3.8) is 0 Å². The summed E-state index contributed by atoms with van der Waals surface area (Å²) in [5.74, 6) is 1.17. The van der Waals surface area contributed by atoms with Gasteiger partial charge in [0.15, 0.2) is 5.17 Å². The lowest BCUT2D eigenvalue weighted by Gasteiger charge is -2.31. The number of fused-ring (bicyclic) bond motifs is 1. The molecule has 0 spiro atoms. The van der Waals surface area contributed by atoms with Gasteiger partial charge in [0.1, 0.15) is 0 Å². The first-order valence-electron chi connectivity index (χ1n) is 7.62. The summed E-state index contributed by atoms with van der Waals surface area (Å²) in [6, 6.07) is 7.22. The van der Waals surface area contributed by atoms with Gasteiger partial charge in [0, 0.05) is 11.4 Å². The van der Waals surface area contributed by atoms with E-state index in [2.05, 4.69) is 44.3 Å². The molecule has 1 aliphatic carbocycles. The second kappa shape index (κ2) is 5.44. The van der Waals surface area contributed by atoms with Crippen molar-refractivity contribution in [3.8, 4) is 0 Å². The maximum absolute atomic E-state index is 4.91. The van der Waals surface area contributed by atoms with Gasteiger partial charge in [-0.1, -0.05) is 38.6 Å². The van der Waals surface area contributed by atoms with Gasteiger partial charge in [0.2, 0.25) is 0 Å². The van der Waals surface area contributed by atoms with Crippen molar-refractivity contribution in [2.24, 2.45) is 10.4 Å². The molecule has 0 saturated heterocycles. The van der Waals surface area contributed by atoms with Crippen molar-refractivity contribution in [2.75, 3.05) is 11.1 Å². The molecule has 1 unspecified atom stereocenters. The number of nitrogens with one attached hydrogen (secondary N) is 1. The molecule has 0 amide bonds. The summed E-state index contributed by atoms with van der Waals surface area (Å²) in [6.07, 6.45) is 4.97. The van der Waals surface area contributed by atoms with Crippen molar-refractivity contribution < 1.29 is 0 Å². The second-order valence-electron chi connectivity index (χ2n) is 6.92. The number of nitrogens with zero attached hydrogens (tertiary/aromatic N) is 1. The molecule has 108 valence electrons. The van der Waals surface area contributed by atoms with Gasteiger partial charge in [0.05, 0.1) is 6.04 Å². The molecule has 0 radical (unpaired) electrons. The zero-order chi connectivity index (χ0) is 14.2. The monoisotopic (exact) mass is 288 g/mol. The van der Waals surface area contributed by atoms with Gasteiger partial charge in [-0.05, 0) is 54.4 Å². The molecular formula is C17H24N2S. The molecule has 2 aliphatic rings. The van der Waals surface area contributed by atoms with Crippen LogP contribution in [0.25, 0.3) is 0 Å². The van der Waals surface area contributed by atoms with Crippen LogP contribution in [0, 0.1) is 5.41 Å². The largest absolute Gasteiger partial charge is 0.335 e. The molecule has 1 N–H and O–H groups in total. The number of hydrogen-bond acceptors (Lipinski definition) is 3. The molecular weight excluding hydrogens is 264 g/mol. The molecule has 3 rings (SSSR count). The number of aliphatic imine (C=N–C) groups is 1. The van der Waals surface area contributed by atoms with E-state index in [0.717, 1.165) is 5.17 Å². The Morgan fingerprint density at radius 2 is 2.00 bits per heavy atom. The summed E-state index contributed by atoms with van der Waals surface area (Å²) < 4.78 is 0. The molecule has 20 heavy (non-hydrogen) atoms. The standard InChI is InChI=1S/C17H24N2S/c1-17(2,3)15-9-10-20-16(19-15)18-14-8-7-12-5-4-6-13(12)11-14/h7-8,11,15H,4-6,9-10H2,1-3H3,(H,18,19). The minimum Gasteiger partial charge on any atom is -0.335 e. The third-order valence-electron chi connectivity index (χ3n) is 4.25. The third-order valence-corrected chi connectivity index (χ3v) is 5.17. The van der Waals surface area contributed by atoms with E-state index >= 15 is 0 Å². The Labute approximate surface area is 126 Å². The zero-order valence-corrected chi connectivity index (χ0v) is 13.5. The first kappa shape index (κ1) is 14.0. The molecule has 0 fully saturated rings. The highest BCUT2D eigenvalue weighted by Crippen LogP contribution is 2.31. The van der Waals surface area contributed by atoms with Crippen LogP contribution >= 0.6 is 11.8 Å². The molecule has 1 aromatic carbocycles. The van der Waals surface area contributed by atoms with Crippen LogP contribution in [-0.4, -0.2) is 17.0 Å². The number of thioether (sulfide) groups is 1. The zero-order valence-electron chi connectivity index (χ0n) is 12.7. The van der Waals surface area contributed by atoms with Crippen LogP contribution in [0.5, 0.6) is 0 Å². The number of hydrogen-bond donors (Lipinski definition) is 1. The minimum atomic E-state index is 0.256. The van der Waals surface area contributed by atoms with Gasteiger partial charge in [0.25, 0.3) is 0 Å². The number of anilines is 1. The normalized spacial score (nSPS) is 22.4. The Balaban J connectivity index is 1.75. The lowest BCUT2D eigenvalue weighted by molar-refractivity contribution is 0.316. The maximum Gasteiger partial charge on any atom is 0.161 e. The van der Waals surface area contributed by atoms with E-state index < -0.39 is 0 Å². The smallest absolute Gasteiger partial charge is 0.161 e. The predicted molar refractivity (Wildman–Crippen MR) is 89.8 cm³/mol. The third kappa shape index (κ3) is 3.03. The van der Waals surface area contributed by atoms with E-state index in [0.29, 0.717) is 6.04 Å². The van der Waals surface area contributed by atoms with Crippen LogP contribution in [0.4, 0.5) is 5.69 Å². The van der Waals surface area contributed by atoms with Crippen LogP contribution < -0.4 is 5.32 Å². The quantitative estimate of drug-likeness (QED) is 0.823. The topological polar surface area (TPSA) is 24.4 Å². The maximum atomic E-state index is 4.91. The Hall–Kier alpha value is -0.960. The number of amidine groups is 1. The molecule has 2 nitrogen and oxygen atoms in total. The fourth-order valence-corrected chi connectivity index (χ4v) is 3.90. The van der Waals surface area contributed by atoms with Crippen molar-refractivity contribution >= 4 is 22.6 Å². The second-order valence-corrected chi connectivity index (χ2v) is 8.00. The summed E-state index contributed by atoms with van der Waals surface area (Å²) >= 11 is 1.85. The van der Waals surface area contributed by atoms with E-state index in [4.69, 9.17) is 4.99 Å². The Morgan fingerprint density at radius 3 is 2.80 bits per heavy atom. The van der Waals surface area contributed by atoms with Gasteiger partial charge in [-0.15, -0.1) is 0 Å². The van der Waals surface area contributed by atoms with E-state index in [1.54, 1.807) is 0 Å². The molecule has 0 aromatic heterocycles. The highest BCUT2D eigenvalue weighted by Gasteiger charge is 2.27. The van der Waals surface area contributed by atoms with Gasteiger partial charge < -0.3 is 5.32 Å². The summed E-state index contributed by atoms with van der Waals surface area (Å²) in [7, 11) is 0. The lowest BCUT2D eigenvalue weighted by Crippen LogP contribution is -2.30. The average molecular weight is 288 g/mol. The predicted octanol–water partition coefficient (Wildman–Crippen LogP) is 4.49. The van der Waals surface area contributed by atoms with Crippen molar-refractivity contribution in [1.82, 2.24) is 0 Å². The Morgan fingerprint density at radius 1 is 1.20 bits per heavy atom. The van der Waals surface area contributed by atoms with E-state index in [1.165, 1.54) is 48.3 Å². The number of benzene rings is 1. The fourth-order valence-electron chi connectivity index (χ4n) is 2.98. The number of aryl methyl sites for hydroxylation is 2. The van der Waals surface area contributed by atoms with Crippen molar-refractivity contribution in [1.29, 1.82) is 0 Å². The van der Waals surface area contributed by atoms with Crippen LogP contribution in [0.15, 0.2) is 23.2 Å².